The molecule has 0 radical (unpaired) electrons. The van der Waals surface area contributed by atoms with Crippen LogP contribution in [0.5, 0.6) is 0 Å². The van der Waals surface area contributed by atoms with Crippen molar-refractivity contribution in [2.45, 2.75) is 225 Å². The van der Waals surface area contributed by atoms with Crippen LogP contribution in [-0.4, -0.2) is 89.2 Å². The van der Waals surface area contributed by atoms with E-state index >= 15 is 0 Å². The molecule has 1 fully saturated rings. The van der Waals surface area contributed by atoms with Crippen molar-refractivity contribution < 1.29 is 58.2 Å². The Morgan fingerprint density at radius 2 is 0.797 bits per heavy atom. The Kier molecular flexibility index (Phi) is 47.9. The van der Waals surface area contributed by atoms with Crippen molar-refractivity contribution in [3.63, 3.8) is 0 Å². The van der Waals surface area contributed by atoms with Crippen molar-refractivity contribution in [2.24, 2.45) is 0 Å². The van der Waals surface area contributed by atoms with E-state index in [2.05, 4.69) is 154 Å². The molecule has 6 atom stereocenters. The van der Waals surface area contributed by atoms with Crippen LogP contribution < -0.4 is 0 Å². The van der Waals surface area contributed by atoms with Gasteiger partial charge in [-0.15, -0.1) is 0 Å². The number of esters is 3. The summed E-state index contributed by atoms with van der Waals surface area (Å²) in [6.45, 7) is 5.54. The minimum Gasteiger partial charge on any atom is -0.479 e. The van der Waals surface area contributed by atoms with Crippen LogP contribution in [0.1, 0.15) is 188 Å². The van der Waals surface area contributed by atoms with Crippen molar-refractivity contribution in [1.82, 2.24) is 0 Å². The Balaban J connectivity index is 2.79. The quantitative estimate of drug-likeness (QED) is 0.0228. The van der Waals surface area contributed by atoms with Crippen LogP contribution in [0, 0.1) is 0 Å². The third kappa shape index (κ3) is 42.9. The molecule has 79 heavy (non-hydrogen) atoms. The summed E-state index contributed by atoms with van der Waals surface area (Å²) in [5, 5.41) is 31.4. The fourth-order valence-electron chi connectivity index (χ4n) is 7.72. The largest absolute Gasteiger partial charge is 0.479 e. The van der Waals surface area contributed by atoms with Gasteiger partial charge in [-0.3, -0.25) is 14.4 Å². The van der Waals surface area contributed by atoms with E-state index < -0.39 is 67.3 Å². The first-order valence-corrected chi connectivity index (χ1v) is 29.5. The Morgan fingerprint density at radius 3 is 1.23 bits per heavy atom. The van der Waals surface area contributed by atoms with Gasteiger partial charge in [0.15, 0.2) is 24.6 Å². The van der Waals surface area contributed by atoms with Crippen LogP contribution in [0.25, 0.3) is 0 Å². The topological polar surface area (TPSA) is 175 Å². The number of rotatable bonds is 47. The monoisotopic (exact) mass is 1100 g/mol. The molecule has 6 unspecified atom stereocenters. The molecule has 0 amide bonds. The summed E-state index contributed by atoms with van der Waals surface area (Å²) in [5.74, 6) is -3.38. The van der Waals surface area contributed by atoms with Crippen LogP contribution >= 0.6 is 0 Å². The zero-order valence-corrected chi connectivity index (χ0v) is 48.3. The van der Waals surface area contributed by atoms with Gasteiger partial charge in [0.05, 0.1) is 13.0 Å². The van der Waals surface area contributed by atoms with Crippen molar-refractivity contribution in [2.75, 3.05) is 13.2 Å². The van der Waals surface area contributed by atoms with E-state index in [9.17, 15) is 34.5 Å². The normalized spacial score (nSPS) is 19.0. The summed E-state index contributed by atoms with van der Waals surface area (Å²) < 4.78 is 28.2. The van der Waals surface area contributed by atoms with Gasteiger partial charge in [0.25, 0.3) is 0 Å². The molecule has 0 aromatic carbocycles. The van der Waals surface area contributed by atoms with E-state index in [1.54, 1.807) is 12.2 Å². The number of aliphatic carboxylic acids is 1. The predicted octanol–water partition coefficient (Wildman–Crippen LogP) is 15.3. The van der Waals surface area contributed by atoms with Crippen molar-refractivity contribution in [1.29, 1.82) is 0 Å². The number of hydrogen-bond donors (Lipinski definition) is 3. The molecule has 3 N–H and O–H groups in total. The molecule has 12 heteroatoms. The first-order chi connectivity index (χ1) is 38.6. The zero-order chi connectivity index (χ0) is 57.5. The number of carbonyl (C=O) groups is 4. The molecule has 1 heterocycles. The number of hydrogen-bond acceptors (Lipinski definition) is 11. The molecule has 0 aromatic heterocycles. The van der Waals surface area contributed by atoms with E-state index in [-0.39, 0.29) is 25.9 Å². The van der Waals surface area contributed by atoms with Gasteiger partial charge in [-0.05, 0) is 122 Å². The van der Waals surface area contributed by atoms with Crippen LogP contribution in [-0.2, 0) is 42.9 Å². The molecule has 0 aromatic rings. The molecule has 1 rings (SSSR count). The molecule has 0 bridgehead atoms. The highest BCUT2D eigenvalue weighted by atomic mass is 16.7. The number of carboxylic acids is 1. The summed E-state index contributed by atoms with van der Waals surface area (Å²) >= 11 is 0. The fourth-order valence-corrected chi connectivity index (χ4v) is 7.72. The lowest BCUT2D eigenvalue weighted by Gasteiger charge is -2.40. The SMILES string of the molecule is CC/C=C\C/C=C\C/C=C\C/C=C\C/C=C\CCCCCC(=O)OCC(COC1OC(C(=O)O)C(O)C(O)C1OC(=O)C/C=C\C/C=C\C/C=C\C/C=C\C/C=C\CC)OC(=O)CCCCCCC/C=C\C/C=C\C/C=C\CC. The fraction of sp³-hybridized carbons (Fsp3) is 0.552. The lowest BCUT2D eigenvalue weighted by Crippen LogP contribution is -2.61. The van der Waals surface area contributed by atoms with Crippen LogP contribution in [0.3, 0.4) is 0 Å². The van der Waals surface area contributed by atoms with Crippen molar-refractivity contribution >= 4 is 23.9 Å². The molecule has 0 aliphatic carbocycles. The highest BCUT2D eigenvalue weighted by molar-refractivity contribution is 5.74. The van der Waals surface area contributed by atoms with Crippen LogP contribution in [0.15, 0.2) is 158 Å². The third-order valence-electron chi connectivity index (χ3n) is 12.1. The molecule has 1 aliphatic heterocycles. The van der Waals surface area contributed by atoms with Gasteiger partial charge >= 0.3 is 23.9 Å². The van der Waals surface area contributed by atoms with E-state index in [1.807, 2.05) is 12.2 Å². The Hall–Kier alpha value is -5.66. The summed E-state index contributed by atoms with van der Waals surface area (Å²) in [6.07, 6.45) is 65.2. The number of aliphatic hydroxyl groups is 2. The second-order valence-corrected chi connectivity index (χ2v) is 19.1. The summed E-state index contributed by atoms with van der Waals surface area (Å²) in [6, 6.07) is 0. The van der Waals surface area contributed by atoms with Gasteiger partial charge in [-0.1, -0.05) is 204 Å². The Labute approximate surface area is 475 Å². The second-order valence-electron chi connectivity index (χ2n) is 19.1. The standard InChI is InChI=1S/C67H100O12/c1-4-7-10-13-16-19-22-25-28-29-30-31-34-35-38-41-44-47-50-53-59(68)75-56-58(77-60(69)54-51-48-45-42-39-36-32-26-23-20-17-14-11-8-5-2)57-76-67-65(63(72)62(71)64(79-67)66(73)74)78-61(70)55-52-49-46-43-40-37-33-27-24-21-18-15-12-9-6-3/h7-12,16-21,25-28,30-33,35,38,40,43,49,52,58,62-65,67,71-72H,4-6,13-15,22-24,29,34,36-37,39,41-42,44-48,50-51,53-57H2,1-3H3,(H,73,74)/b10-7-,11-8-,12-9-,19-16-,20-17-,21-18-,28-25-,31-30-,32-26-,33-27-,38-35-,43-40-,52-49-. The van der Waals surface area contributed by atoms with Gasteiger partial charge in [0.2, 0.25) is 0 Å². The number of allylic oxidation sites excluding steroid dienone is 25. The lowest BCUT2D eigenvalue weighted by molar-refractivity contribution is -0.301. The second kappa shape index (κ2) is 53.0. The van der Waals surface area contributed by atoms with E-state index in [4.69, 9.17) is 23.7 Å². The number of carbonyl (C=O) groups excluding carboxylic acids is 3. The first kappa shape index (κ1) is 71.4. The van der Waals surface area contributed by atoms with Gasteiger partial charge in [-0.25, -0.2) is 4.79 Å². The average molecular weight is 1100 g/mol. The smallest absolute Gasteiger partial charge is 0.335 e. The summed E-state index contributed by atoms with van der Waals surface area (Å²) in [5.41, 5.74) is 0. The molecular weight excluding hydrogens is 997 g/mol. The number of unbranched alkanes of at least 4 members (excludes halogenated alkanes) is 8. The number of carboxylic acid groups (broad SMARTS) is 1. The van der Waals surface area contributed by atoms with Gasteiger partial charge in [-0.2, -0.15) is 0 Å². The first-order valence-electron chi connectivity index (χ1n) is 29.5. The number of aliphatic hydroxyl groups excluding tert-OH is 2. The minimum absolute atomic E-state index is 0.115. The highest BCUT2D eigenvalue weighted by Gasteiger charge is 2.50. The van der Waals surface area contributed by atoms with Gasteiger partial charge < -0.3 is 39.0 Å². The minimum atomic E-state index is -1.95. The van der Waals surface area contributed by atoms with Gasteiger partial charge in [0, 0.05) is 12.8 Å². The maximum atomic E-state index is 13.2. The highest BCUT2D eigenvalue weighted by Crippen LogP contribution is 2.26. The summed E-state index contributed by atoms with van der Waals surface area (Å²) in [4.78, 5) is 51.1. The van der Waals surface area contributed by atoms with Crippen LogP contribution in [0.4, 0.5) is 0 Å². The third-order valence-corrected chi connectivity index (χ3v) is 12.1. The zero-order valence-electron chi connectivity index (χ0n) is 48.3. The molecule has 440 valence electrons. The van der Waals surface area contributed by atoms with E-state index in [0.29, 0.717) is 19.3 Å². The van der Waals surface area contributed by atoms with Gasteiger partial charge in [0.1, 0.15) is 18.8 Å². The molecule has 1 aliphatic rings. The average Bonchev–Trinajstić information content (AvgIpc) is 3.46. The molecule has 1 saturated heterocycles. The maximum Gasteiger partial charge on any atom is 0.335 e. The van der Waals surface area contributed by atoms with Crippen LogP contribution in [0.2, 0.25) is 0 Å². The molecular formula is C67H100O12. The van der Waals surface area contributed by atoms with Crippen molar-refractivity contribution in [3.05, 3.63) is 158 Å². The lowest BCUT2D eigenvalue weighted by atomic mass is 9.98. The maximum absolute atomic E-state index is 13.2. The Bertz CT molecular complexity index is 1980. The molecule has 0 saturated carbocycles. The summed E-state index contributed by atoms with van der Waals surface area (Å²) in [7, 11) is 0. The van der Waals surface area contributed by atoms with E-state index in [1.165, 1.54) is 0 Å². The predicted molar refractivity (Wildman–Crippen MR) is 321 cm³/mol. The molecule has 12 nitrogen and oxygen atoms in total. The van der Waals surface area contributed by atoms with Crippen molar-refractivity contribution in [3.8, 4) is 0 Å². The van der Waals surface area contributed by atoms with E-state index in [0.717, 1.165) is 128 Å². The number of ether oxygens (including phenoxy) is 5. The molecule has 0 spiro atoms. The Morgan fingerprint density at radius 1 is 0.430 bits per heavy atom.